The normalized spacial score (nSPS) is 10.4. The molecule has 0 saturated heterocycles. The zero-order chi connectivity index (χ0) is 12.8. The van der Waals surface area contributed by atoms with Gasteiger partial charge in [0.15, 0.2) is 5.11 Å². The third-order valence-electron chi connectivity index (χ3n) is 2.09. The average Bonchev–Trinajstić information content (AvgIpc) is 2.23. The summed E-state index contributed by atoms with van der Waals surface area (Å²) in [5, 5.41) is 6.59. The molecule has 0 unspecified atom stereocenters. The van der Waals surface area contributed by atoms with Crippen molar-refractivity contribution in [3.8, 4) is 0 Å². The van der Waals surface area contributed by atoms with Crippen molar-refractivity contribution in [2.45, 2.75) is 0 Å². The van der Waals surface area contributed by atoms with Crippen LogP contribution in [-0.2, 0) is 0 Å². The van der Waals surface area contributed by atoms with Gasteiger partial charge in [-0.3, -0.25) is 0 Å². The molecule has 0 radical (unpaired) electrons. The molecule has 6 heteroatoms. The lowest BCUT2D eigenvalue weighted by Crippen LogP contribution is -3.06. The number of hydrogen-bond acceptors (Lipinski definition) is 1. The standard InChI is InChI=1S/C11H15ClFN3S/c1-16(2)6-5-14-11(17)15-8-3-4-10(13)9(12)7-8/h3-4,7H,5-6H2,1-2H3,(H2,14,15,17)/p+1. The highest BCUT2D eigenvalue weighted by Gasteiger charge is 2.02. The van der Waals surface area contributed by atoms with Crippen LogP contribution in [0.1, 0.15) is 0 Å². The molecule has 3 N–H and O–H groups in total. The minimum absolute atomic E-state index is 0.0792. The second-order valence-electron chi connectivity index (χ2n) is 3.97. The molecule has 0 aromatic heterocycles. The lowest BCUT2D eigenvalue weighted by atomic mass is 10.3. The van der Waals surface area contributed by atoms with Gasteiger partial charge in [0.2, 0.25) is 0 Å². The second-order valence-corrected chi connectivity index (χ2v) is 4.78. The van der Waals surface area contributed by atoms with Crippen LogP contribution in [0.2, 0.25) is 5.02 Å². The number of hydrogen-bond donors (Lipinski definition) is 3. The molecule has 0 saturated carbocycles. The molecule has 0 bridgehead atoms. The van der Waals surface area contributed by atoms with Gasteiger partial charge in [-0.2, -0.15) is 0 Å². The number of likely N-dealkylation sites (N-methyl/N-ethyl adjacent to an activating group) is 1. The van der Waals surface area contributed by atoms with Crippen LogP contribution in [0.4, 0.5) is 10.1 Å². The van der Waals surface area contributed by atoms with Crippen molar-refractivity contribution in [3.63, 3.8) is 0 Å². The number of rotatable bonds is 4. The highest BCUT2D eigenvalue weighted by molar-refractivity contribution is 7.80. The van der Waals surface area contributed by atoms with Crippen molar-refractivity contribution in [1.29, 1.82) is 0 Å². The Morgan fingerprint density at radius 1 is 1.47 bits per heavy atom. The van der Waals surface area contributed by atoms with Gasteiger partial charge in [-0.25, -0.2) is 4.39 Å². The van der Waals surface area contributed by atoms with Gasteiger partial charge >= 0.3 is 0 Å². The molecule has 0 heterocycles. The van der Waals surface area contributed by atoms with E-state index in [9.17, 15) is 4.39 Å². The summed E-state index contributed by atoms with van der Waals surface area (Å²) >= 11 is 10.8. The first-order chi connectivity index (χ1) is 7.99. The Morgan fingerprint density at radius 2 is 2.18 bits per heavy atom. The molecule has 0 fully saturated rings. The average molecular weight is 277 g/mol. The largest absolute Gasteiger partial charge is 0.357 e. The molecule has 17 heavy (non-hydrogen) atoms. The highest BCUT2D eigenvalue weighted by Crippen LogP contribution is 2.19. The molecule has 0 aliphatic heterocycles. The highest BCUT2D eigenvalue weighted by atomic mass is 35.5. The summed E-state index contributed by atoms with van der Waals surface area (Å²) in [6, 6.07) is 4.39. The van der Waals surface area contributed by atoms with Crippen LogP contribution in [0.3, 0.4) is 0 Å². The molecule has 1 aromatic carbocycles. The maximum Gasteiger partial charge on any atom is 0.170 e. The lowest BCUT2D eigenvalue weighted by Gasteiger charge is -2.12. The van der Waals surface area contributed by atoms with E-state index in [4.69, 9.17) is 23.8 Å². The Labute approximate surface area is 111 Å². The Morgan fingerprint density at radius 3 is 2.76 bits per heavy atom. The molecule has 0 atom stereocenters. The van der Waals surface area contributed by atoms with Crippen LogP contribution in [0, 0.1) is 5.82 Å². The van der Waals surface area contributed by atoms with E-state index in [2.05, 4.69) is 24.7 Å². The third-order valence-corrected chi connectivity index (χ3v) is 2.62. The minimum atomic E-state index is -0.438. The maximum atomic E-state index is 12.9. The van der Waals surface area contributed by atoms with Gasteiger partial charge in [0, 0.05) is 5.69 Å². The fourth-order valence-electron chi connectivity index (χ4n) is 1.18. The molecule has 94 valence electrons. The van der Waals surface area contributed by atoms with Crippen molar-refractivity contribution in [2.75, 3.05) is 32.5 Å². The molecule has 0 aliphatic rings. The number of quaternary nitrogens is 1. The molecule has 3 nitrogen and oxygen atoms in total. The lowest BCUT2D eigenvalue weighted by molar-refractivity contribution is -0.856. The number of anilines is 1. The molecular formula is C11H16ClFN3S+. The van der Waals surface area contributed by atoms with Crippen LogP contribution >= 0.6 is 23.8 Å². The van der Waals surface area contributed by atoms with Gasteiger partial charge in [0.25, 0.3) is 0 Å². The van der Waals surface area contributed by atoms with Crippen molar-refractivity contribution in [3.05, 3.63) is 29.0 Å². The summed E-state index contributed by atoms with van der Waals surface area (Å²) in [6.45, 7) is 1.75. The van der Waals surface area contributed by atoms with Crippen LogP contribution in [0.25, 0.3) is 0 Å². The second kappa shape index (κ2) is 6.74. The number of benzene rings is 1. The Kier molecular flexibility index (Phi) is 5.61. The van der Waals surface area contributed by atoms with Crippen molar-refractivity contribution >= 4 is 34.6 Å². The first kappa shape index (κ1) is 14.2. The third kappa shape index (κ3) is 5.30. The molecule has 0 amide bonds. The summed E-state index contributed by atoms with van der Waals surface area (Å²) in [7, 11) is 4.13. The van der Waals surface area contributed by atoms with E-state index < -0.39 is 5.82 Å². The van der Waals surface area contributed by atoms with Crippen LogP contribution < -0.4 is 15.5 Å². The predicted octanol–water partition coefficient (Wildman–Crippen LogP) is 0.910. The summed E-state index contributed by atoms with van der Waals surface area (Å²) in [5.41, 5.74) is 0.672. The SMILES string of the molecule is C[NH+](C)CCNC(=S)Nc1ccc(F)c(Cl)c1. The van der Waals surface area contributed by atoms with Crippen LogP contribution in [0.5, 0.6) is 0 Å². The van der Waals surface area contributed by atoms with Crippen molar-refractivity contribution < 1.29 is 9.29 Å². The van der Waals surface area contributed by atoms with Crippen molar-refractivity contribution in [1.82, 2.24) is 5.32 Å². The molecular weight excluding hydrogens is 261 g/mol. The quantitative estimate of drug-likeness (QED) is 0.714. The fraction of sp³-hybridized carbons (Fsp3) is 0.364. The zero-order valence-electron chi connectivity index (χ0n) is 9.81. The summed E-state index contributed by atoms with van der Waals surface area (Å²) in [4.78, 5) is 1.34. The van der Waals surface area contributed by atoms with E-state index in [1.54, 1.807) is 6.07 Å². The number of thiocarbonyl (C=S) groups is 1. The molecule has 1 aromatic rings. The monoisotopic (exact) mass is 276 g/mol. The van der Waals surface area contributed by atoms with E-state index in [0.29, 0.717) is 10.8 Å². The molecule has 1 rings (SSSR count). The van der Waals surface area contributed by atoms with Gasteiger partial charge in [-0.15, -0.1) is 0 Å². The van der Waals surface area contributed by atoms with Crippen molar-refractivity contribution in [2.24, 2.45) is 0 Å². The Balaban J connectivity index is 2.42. The van der Waals surface area contributed by atoms with Crippen LogP contribution in [-0.4, -0.2) is 32.3 Å². The maximum absolute atomic E-state index is 12.9. The van der Waals surface area contributed by atoms with E-state index in [1.807, 2.05) is 0 Å². The first-order valence-corrected chi connectivity index (χ1v) is 6.06. The summed E-state index contributed by atoms with van der Waals surface area (Å²) in [6.07, 6.45) is 0. The van der Waals surface area contributed by atoms with E-state index >= 15 is 0 Å². The molecule has 0 spiro atoms. The Hall–Kier alpha value is -0.910. The first-order valence-electron chi connectivity index (χ1n) is 5.28. The Bertz CT molecular complexity index is 398. The van der Waals surface area contributed by atoms with Gasteiger partial charge in [0.1, 0.15) is 5.82 Å². The molecule has 0 aliphatic carbocycles. The minimum Gasteiger partial charge on any atom is -0.357 e. The fourth-order valence-corrected chi connectivity index (χ4v) is 1.58. The van der Waals surface area contributed by atoms with E-state index in [-0.39, 0.29) is 5.02 Å². The van der Waals surface area contributed by atoms with Gasteiger partial charge in [0.05, 0.1) is 32.2 Å². The smallest absolute Gasteiger partial charge is 0.170 e. The predicted molar refractivity (Wildman–Crippen MR) is 73.3 cm³/mol. The van der Waals surface area contributed by atoms with Gasteiger partial charge < -0.3 is 15.5 Å². The van der Waals surface area contributed by atoms with E-state index in [1.165, 1.54) is 17.0 Å². The van der Waals surface area contributed by atoms with Gasteiger partial charge in [-0.1, -0.05) is 11.6 Å². The topological polar surface area (TPSA) is 28.5 Å². The summed E-state index contributed by atoms with van der Waals surface area (Å²) < 4.78 is 12.9. The number of halogens is 2. The summed E-state index contributed by atoms with van der Waals surface area (Å²) in [5.74, 6) is -0.438. The van der Waals surface area contributed by atoms with E-state index in [0.717, 1.165) is 13.1 Å². The number of nitrogens with one attached hydrogen (secondary N) is 3. The zero-order valence-corrected chi connectivity index (χ0v) is 11.4. The van der Waals surface area contributed by atoms with Crippen LogP contribution in [0.15, 0.2) is 18.2 Å². The van der Waals surface area contributed by atoms with Gasteiger partial charge in [-0.05, 0) is 30.4 Å².